The van der Waals surface area contributed by atoms with Crippen LogP contribution in [0.2, 0.25) is 5.02 Å². The number of hydrogen-bond donors (Lipinski definition) is 2. The molecule has 2 rings (SSSR count). The molecule has 0 saturated heterocycles. The smallest absolute Gasteiger partial charge is 0.338 e. The van der Waals surface area contributed by atoms with Crippen molar-refractivity contribution in [3.63, 3.8) is 0 Å². The zero-order chi connectivity index (χ0) is 23.3. The Morgan fingerprint density at radius 1 is 1.09 bits per heavy atom. The third kappa shape index (κ3) is 8.17. The Kier molecular flexibility index (Phi) is 11.0. The summed E-state index contributed by atoms with van der Waals surface area (Å²) in [4.78, 5) is 24.6. The van der Waals surface area contributed by atoms with Crippen molar-refractivity contribution in [2.24, 2.45) is 0 Å². The average molecular weight is 462 g/mol. The Balaban J connectivity index is 1.83. The molecule has 2 aromatic carbocycles. The molecule has 0 bridgehead atoms. The van der Waals surface area contributed by atoms with E-state index in [1.54, 1.807) is 18.2 Å². The van der Waals surface area contributed by atoms with Gasteiger partial charge in [0.25, 0.3) is 0 Å². The van der Waals surface area contributed by atoms with Crippen LogP contribution in [0.25, 0.3) is 0 Å². The number of carbonyl (C=O) groups is 2. The van der Waals surface area contributed by atoms with E-state index in [0.717, 1.165) is 31.2 Å². The van der Waals surface area contributed by atoms with Crippen LogP contribution in [0.4, 0.5) is 5.69 Å². The van der Waals surface area contributed by atoms with E-state index in [2.05, 4.69) is 12.2 Å². The van der Waals surface area contributed by atoms with Crippen molar-refractivity contribution in [3.8, 4) is 5.75 Å². The van der Waals surface area contributed by atoms with Gasteiger partial charge in [-0.05, 0) is 43.0 Å². The molecule has 0 unspecified atom stereocenters. The van der Waals surface area contributed by atoms with Crippen molar-refractivity contribution in [2.45, 2.75) is 58.5 Å². The summed E-state index contributed by atoms with van der Waals surface area (Å²) in [5.74, 6) is -0.0226. The minimum absolute atomic E-state index is 0.173. The number of carbonyl (C=O) groups excluding carboxylic acids is 2. The van der Waals surface area contributed by atoms with Gasteiger partial charge in [-0.25, -0.2) is 4.79 Å². The molecule has 0 saturated carbocycles. The summed E-state index contributed by atoms with van der Waals surface area (Å²) in [5.41, 5.74) is 2.50. The number of amides is 1. The number of rotatable bonds is 13. The first-order chi connectivity index (χ1) is 15.5. The van der Waals surface area contributed by atoms with Crippen LogP contribution < -0.4 is 10.1 Å². The zero-order valence-electron chi connectivity index (χ0n) is 18.8. The fraction of sp³-hybridized carbons (Fsp3) is 0.440. The highest BCUT2D eigenvalue weighted by Gasteiger charge is 2.12. The molecular formula is C25H32ClNO5. The number of nitrogens with one attached hydrogen (secondary N) is 1. The second-order valence-electron chi connectivity index (χ2n) is 7.60. The fourth-order valence-electron chi connectivity index (χ4n) is 3.30. The summed E-state index contributed by atoms with van der Waals surface area (Å²) in [6.45, 7) is 2.38. The lowest BCUT2D eigenvalue weighted by molar-refractivity contribution is -0.116. The first-order valence-electron chi connectivity index (χ1n) is 11.0. The van der Waals surface area contributed by atoms with E-state index in [0.29, 0.717) is 53.5 Å². The standard InChI is InChI=1S/C25H32ClNO5/c1-3-4-5-6-13-32-25(30)19-11-7-9-18(14-19)10-8-12-24(29)27-22-16-23(31-2)20(17-28)15-21(22)26/h7,9,11,14-16,28H,3-6,8,10,12-13,17H2,1-2H3,(H,27,29). The number of unbranched alkanes of at least 4 members (excludes halogenated alkanes) is 3. The number of hydrogen-bond acceptors (Lipinski definition) is 5. The van der Waals surface area contributed by atoms with Crippen LogP contribution >= 0.6 is 11.6 Å². The van der Waals surface area contributed by atoms with Crippen molar-refractivity contribution in [1.29, 1.82) is 0 Å². The first kappa shape index (κ1) is 25.7. The Morgan fingerprint density at radius 3 is 2.62 bits per heavy atom. The van der Waals surface area contributed by atoms with Gasteiger partial charge < -0.3 is 19.9 Å². The molecule has 0 aromatic heterocycles. The van der Waals surface area contributed by atoms with Gasteiger partial charge in [0.15, 0.2) is 0 Å². The normalized spacial score (nSPS) is 10.6. The lowest BCUT2D eigenvalue weighted by Crippen LogP contribution is -2.12. The third-order valence-electron chi connectivity index (χ3n) is 5.08. The van der Waals surface area contributed by atoms with Crippen LogP contribution in [-0.2, 0) is 22.6 Å². The number of esters is 1. The minimum Gasteiger partial charge on any atom is -0.496 e. The van der Waals surface area contributed by atoms with E-state index in [4.69, 9.17) is 21.1 Å². The summed E-state index contributed by atoms with van der Waals surface area (Å²) in [6, 6.07) is 10.5. The third-order valence-corrected chi connectivity index (χ3v) is 5.39. The highest BCUT2D eigenvalue weighted by atomic mass is 35.5. The Labute approximate surface area is 194 Å². The highest BCUT2D eigenvalue weighted by molar-refractivity contribution is 6.33. The average Bonchev–Trinajstić information content (AvgIpc) is 2.80. The molecule has 0 spiro atoms. The molecule has 0 fully saturated rings. The van der Waals surface area contributed by atoms with Gasteiger partial charge in [0.2, 0.25) is 5.91 Å². The van der Waals surface area contributed by atoms with Crippen LogP contribution in [-0.4, -0.2) is 30.7 Å². The van der Waals surface area contributed by atoms with Crippen LogP contribution in [0, 0.1) is 0 Å². The predicted octanol–water partition coefficient (Wildman–Crippen LogP) is 5.54. The first-order valence-corrected chi connectivity index (χ1v) is 11.4. The molecule has 6 nitrogen and oxygen atoms in total. The van der Waals surface area contributed by atoms with E-state index >= 15 is 0 Å². The molecule has 0 aliphatic rings. The number of halogens is 1. The largest absolute Gasteiger partial charge is 0.496 e. The maximum absolute atomic E-state index is 12.3. The molecule has 0 aliphatic heterocycles. The second-order valence-corrected chi connectivity index (χ2v) is 8.01. The lowest BCUT2D eigenvalue weighted by atomic mass is 10.0. The SMILES string of the molecule is CCCCCCOC(=O)c1cccc(CCCC(=O)Nc2cc(OC)c(CO)cc2Cl)c1. The number of aryl methyl sites for hydroxylation is 1. The van der Waals surface area contributed by atoms with Crippen molar-refractivity contribution < 1.29 is 24.2 Å². The molecule has 0 atom stereocenters. The molecule has 0 aliphatic carbocycles. The summed E-state index contributed by atoms with van der Waals surface area (Å²) in [6.07, 6.45) is 5.81. The van der Waals surface area contributed by atoms with Gasteiger partial charge in [-0.2, -0.15) is 0 Å². The van der Waals surface area contributed by atoms with Gasteiger partial charge in [0.1, 0.15) is 5.75 Å². The van der Waals surface area contributed by atoms with E-state index in [-0.39, 0.29) is 18.5 Å². The zero-order valence-corrected chi connectivity index (χ0v) is 19.5. The molecule has 2 N–H and O–H groups in total. The Morgan fingerprint density at radius 2 is 1.91 bits per heavy atom. The fourth-order valence-corrected chi connectivity index (χ4v) is 3.53. The molecule has 7 heteroatoms. The molecule has 0 heterocycles. The summed E-state index contributed by atoms with van der Waals surface area (Å²) in [7, 11) is 1.49. The van der Waals surface area contributed by atoms with Crippen molar-refractivity contribution in [1.82, 2.24) is 0 Å². The lowest BCUT2D eigenvalue weighted by Gasteiger charge is -2.12. The van der Waals surface area contributed by atoms with Gasteiger partial charge >= 0.3 is 5.97 Å². The van der Waals surface area contributed by atoms with E-state index in [1.807, 2.05) is 18.2 Å². The van der Waals surface area contributed by atoms with Crippen molar-refractivity contribution >= 4 is 29.2 Å². The Hall–Kier alpha value is -2.57. The van der Waals surface area contributed by atoms with Crippen LogP contribution in [0.1, 0.15) is 66.9 Å². The van der Waals surface area contributed by atoms with Gasteiger partial charge in [-0.3, -0.25) is 4.79 Å². The molecule has 0 radical (unpaired) electrons. The topological polar surface area (TPSA) is 84.9 Å². The van der Waals surface area contributed by atoms with Gasteiger partial charge in [-0.1, -0.05) is 49.9 Å². The van der Waals surface area contributed by atoms with Crippen molar-refractivity contribution in [2.75, 3.05) is 19.0 Å². The number of anilines is 1. The maximum Gasteiger partial charge on any atom is 0.338 e. The number of ether oxygens (including phenoxy) is 2. The Bertz CT molecular complexity index is 900. The highest BCUT2D eigenvalue weighted by Crippen LogP contribution is 2.31. The number of aliphatic hydroxyl groups excluding tert-OH is 1. The van der Waals surface area contributed by atoms with Crippen LogP contribution in [0.3, 0.4) is 0 Å². The molecule has 1 amide bonds. The number of aliphatic hydroxyl groups is 1. The van der Waals surface area contributed by atoms with E-state index < -0.39 is 0 Å². The molecular weight excluding hydrogens is 430 g/mol. The van der Waals surface area contributed by atoms with Crippen LogP contribution in [0.5, 0.6) is 5.75 Å². The quantitative estimate of drug-likeness (QED) is 0.302. The van der Waals surface area contributed by atoms with Gasteiger partial charge in [0, 0.05) is 18.1 Å². The van der Waals surface area contributed by atoms with Crippen molar-refractivity contribution in [3.05, 3.63) is 58.1 Å². The molecule has 174 valence electrons. The summed E-state index contributed by atoms with van der Waals surface area (Å²) in [5, 5.41) is 12.5. The second kappa shape index (κ2) is 13.8. The van der Waals surface area contributed by atoms with E-state index in [9.17, 15) is 14.7 Å². The summed E-state index contributed by atoms with van der Waals surface area (Å²) < 4.78 is 10.6. The maximum atomic E-state index is 12.3. The molecule has 2 aromatic rings. The monoisotopic (exact) mass is 461 g/mol. The van der Waals surface area contributed by atoms with E-state index in [1.165, 1.54) is 7.11 Å². The van der Waals surface area contributed by atoms with Gasteiger partial charge in [-0.15, -0.1) is 0 Å². The summed E-state index contributed by atoms with van der Waals surface area (Å²) >= 11 is 6.19. The molecule has 32 heavy (non-hydrogen) atoms. The number of methoxy groups -OCH3 is 1. The minimum atomic E-state index is -0.309. The van der Waals surface area contributed by atoms with Gasteiger partial charge in [0.05, 0.1) is 36.6 Å². The van der Waals surface area contributed by atoms with Crippen LogP contribution in [0.15, 0.2) is 36.4 Å². The predicted molar refractivity (Wildman–Crippen MR) is 126 cm³/mol. The number of benzene rings is 2.